The van der Waals surface area contributed by atoms with Gasteiger partial charge in [0.05, 0.1) is 0 Å². The first-order valence-corrected chi connectivity index (χ1v) is 6.58. The first-order valence-electron chi connectivity index (χ1n) is 5.81. The number of hydrogen-bond acceptors (Lipinski definition) is 5. The van der Waals surface area contributed by atoms with E-state index in [0.717, 1.165) is 16.4 Å². The molecule has 0 saturated carbocycles. The topological polar surface area (TPSA) is 47.0 Å². The highest BCUT2D eigenvalue weighted by atomic mass is 32.1. The molecule has 0 spiro atoms. The third kappa shape index (κ3) is 2.61. The predicted octanol–water partition coefficient (Wildman–Crippen LogP) is 3.08. The lowest BCUT2D eigenvalue weighted by Crippen LogP contribution is -2.01. The zero-order valence-corrected chi connectivity index (χ0v) is 11.9. The first-order chi connectivity index (χ1) is 8.61. The Morgan fingerprint density at radius 1 is 1.28 bits per heavy atom. The van der Waals surface area contributed by atoms with Crippen molar-refractivity contribution in [2.75, 3.05) is 12.4 Å². The normalized spacial score (nSPS) is 10.4. The molecule has 2 rings (SSSR count). The maximum Gasteiger partial charge on any atom is 0.136 e. The van der Waals surface area contributed by atoms with Crippen molar-refractivity contribution in [2.45, 2.75) is 27.4 Å². The molecule has 0 atom stereocenters. The zero-order chi connectivity index (χ0) is 13.1. The van der Waals surface area contributed by atoms with Gasteiger partial charge in [-0.05, 0) is 43.5 Å². The number of ether oxygens (including phenoxy) is 1. The minimum atomic E-state index is 0.441. The van der Waals surface area contributed by atoms with E-state index in [9.17, 15) is 0 Å². The van der Waals surface area contributed by atoms with Gasteiger partial charge in [0, 0.05) is 18.6 Å². The summed E-state index contributed by atoms with van der Waals surface area (Å²) >= 11 is 1.34. The second-order valence-corrected chi connectivity index (χ2v) is 5.05. The fourth-order valence-corrected chi connectivity index (χ4v) is 2.31. The number of aromatic nitrogens is 2. The van der Waals surface area contributed by atoms with E-state index in [1.54, 1.807) is 0 Å². The number of nitrogens with zero attached hydrogens (tertiary/aromatic N) is 2. The van der Waals surface area contributed by atoms with E-state index in [4.69, 9.17) is 4.74 Å². The van der Waals surface area contributed by atoms with Gasteiger partial charge >= 0.3 is 0 Å². The van der Waals surface area contributed by atoms with Crippen LogP contribution >= 0.6 is 11.5 Å². The minimum absolute atomic E-state index is 0.441. The molecule has 0 aliphatic heterocycles. The highest BCUT2D eigenvalue weighted by molar-refractivity contribution is 7.10. The largest absolute Gasteiger partial charge is 0.487 e. The summed E-state index contributed by atoms with van der Waals surface area (Å²) in [5.41, 5.74) is 4.48. The van der Waals surface area contributed by atoms with E-state index in [0.29, 0.717) is 6.61 Å². The van der Waals surface area contributed by atoms with Crippen molar-refractivity contribution in [3.63, 3.8) is 0 Å². The van der Waals surface area contributed by atoms with Crippen LogP contribution in [0.2, 0.25) is 0 Å². The summed E-state index contributed by atoms with van der Waals surface area (Å²) in [6.07, 6.45) is 0. The zero-order valence-electron chi connectivity index (χ0n) is 11.1. The van der Waals surface area contributed by atoms with Crippen molar-refractivity contribution >= 4 is 16.5 Å². The van der Waals surface area contributed by atoms with E-state index >= 15 is 0 Å². The fourth-order valence-electron chi connectivity index (χ4n) is 1.79. The quantitative estimate of drug-likeness (QED) is 0.921. The number of hydrogen-bond donors (Lipinski definition) is 1. The molecule has 0 fully saturated rings. The Bertz CT molecular complexity index is 551. The van der Waals surface area contributed by atoms with E-state index in [-0.39, 0.29) is 0 Å². The molecule has 1 aromatic carbocycles. The maximum atomic E-state index is 5.85. The molecule has 18 heavy (non-hydrogen) atoms. The second-order valence-electron chi connectivity index (χ2n) is 4.29. The Kier molecular flexibility index (Phi) is 3.81. The van der Waals surface area contributed by atoms with Crippen LogP contribution in [0, 0.1) is 20.8 Å². The highest BCUT2D eigenvalue weighted by Gasteiger charge is 2.09. The number of nitrogens with one attached hydrogen (secondary N) is 1. The third-order valence-corrected chi connectivity index (χ3v) is 3.70. The standard InChI is InChI=1S/C13H17N3OS/c1-8-5-9(2)10(3)12(6-8)17-7-11-13(14-4)18-16-15-11/h5-6,14H,7H2,1-4H3. The van der Waals surface area contributed by atoms with Crippen molar-refractivity contribution < 1.29 is 4.74 Å². The SMILES string of the molecule is CNc1snnc1COc1cc(C)cc(C)c1C. The molecular weight excluding hydrogens is 246 g/mol. The fraction of sp³-hybridized carbons (Fsp3) is 0.385. The molecule has 5 heteroatoms. The predicted molar refractivity (Wildman–Crippen MR) is 74.4 cm³/mol. The lowest BCUT2D eigenvalue weighted by molar-refractivity contribution is 0.299. The van der Waals surface area contributed by atoms with Gasteiger partial charge in [0.15, 0.2) is 0 Å². The van der Waals surface area contributed by atoms with Crippen LogP contribution in [0.5, 0.6) is 5.75 Å². The average Bonchev–Trinajstić information content (AvgIpc) is 2.79. The first kappa shape index (κ1) is 12.8. The van der Waals surface area contributed by atoms with Gasteiger partial charge in [-0.2, -0.15) is 0 Å². The van der Waals surface area contributed by atoms with Crippen molar-refractivity contribution in [1.82, 2.24) is 9.59 Å². The molecule has 2 aromatic rings. The molecule has 1 N–H and O–H groups in total. The summed E-state index contributed by atoms with van der Waals surface area (Å²) < 4.78 is 9.76. The molecule has 4 nitrogen and oxygen atoms in total. The summed E-state index contributed by atoms with van der Waals surface area (Å²) in [6, 6.07) is 4.22. The van der Waals surface area contributed by atoms with E-state index in [2.05, 4.69) is 47.8 Å². The Morgan fingerprint density at radius 3 is 2.78 bits per heavy atom. The molecule has 0 amide bonds. The summed E-state index contributed by atoms with van der Waals surface area (Å²) in [4.78, 5) is 0. The lowest BCUT2D eigenvalue weighted by atomic mass is 10.1. The van der Waals surface area contributed by atoms with Gasteiger partial charge in [-0.1, -0.05) is 10.6 Å². The van der Waals surface area contributed by atoms with Gasteiger partial charge in [0.25, 0.3) is 0 Å². The Labute approximate surface area is 111 Å². The molecule has 96 valence electrons. The molecule has 1 aromatic heterocycles. The summed E-state index contributed by atoms with van der Waals surface area (Å²) in [5.74, 6) is 0.919. The summed E-state index contributed by atoms with van der Waals surface area (Å²) in [5, 5.41) is 8.08. The number of rotatable bonds is 4. The van der Waals surface area contributed by atoms with Gasteiger partial charge in [0.2, 0.25) is 0 Å². The Balaban J connectivity index is 2.16. The molecule has 0 unspecified atom stereocenters. The van der Waals surface area contributed by atoms with Crippen LogP contribution in [-0.2, 0) is 6.61 Å². The van der Waals surface area contributed by atoms with Gasteiger partial charge in [0.1, 0.15) is 23.1 Å². The van der Waals surface area contributed by atoms with Crippen molar-refractivity contribution in [2.24, 2.45) is 0 Å². The van der Waals surface area contributed by atoms with E-state index < -0.39 is 0 Å². The highest BCUT2D eigenvalue weighted by Crippen LogP contribution is 2.25. The van der Waals surface area contributed by atoms with Crippen LogP contribution in [0.3, 0.4) is 0 Å². The van der Waals surface area contributed by atoms with Gasteiger partial charge in [-0.25, -0.2) is 0 Å². The molecule has 0 aliphatic carbocycles. The minimum Gasteiger partial charge on any atom is -0.487 e. The lowest BCUT2D eigenvalue weighted by Gasteiger charge is -2.11. The van der Waals surface area contributed by atoms with Gasteiger partial charge in [-0.15, -0.1) is 5.10 Å². The molecule has 1 heterocycles. The summed E-state index contributed by atoms with van der Waals surface area (Å²) in [6.45, 7) is 6.68. The third-order valence-electron chi connectivity index (χ3n) is 2.91. The Hall–Kier alpha value is -1.62. The van der Waals surface area contributed by atoms with Crippen molar-refractivity contribution in [3.8, 4) is 5.75 Å². The molecular formula is C13H17N3OS. The molecule has 0 radical (unpaired) electrons. The van der Waals surface area contributed by atoms with Crippen LogP contribution in [-0.4, -0.2) is 16.6 Å². The van der Waals surface area contributed by atoms with Crippen LogP contribution in [0.25, 0.3) is 0 Å². The van der Waals surface area contributed by atoms with Crippen molar-refractivity contribution in [3.05, 3.63) is 34.5 Å². The maximum absolute atomic E-state index is 5.85. The summed E-state index contributed by atoms with van der Waals surface area (Å²) in [7, 11) is 1.86. The number of anilines is 1. The Morgan fingerprint density at radius 2 is 2.06 bits per heavy atom. The van der Waals surface area contributed by atoms with Gasteiger partial charge < -0.3 is 10.1 Å². The molecule has 0 saturated heterocycles. The molecule has 0 bridgehead atoms. The van der Waals surface area contributed by atoms with Crippen LogP contribution in [0.1, 0.15) is 22.4 Å². The van der Waals surface area contributed by atoms with Crippen LogP contribution in [0.15, 0.2) is 12.1 Å². The molecule has 0 aliphatic rings. The van der Waals surface area contributed by atoms with E-state index in [1.165, 1.54) is 28.2 Å². The van der Waals surface area contributed by atoms with Crippen LogP contribution in [0.4, 0.5) is 5.00 Å². The average molecular weight is 263 g/mol. The van der Waals surface area contributed by atoms with Crippen LogP contribution < -0.4 is 10.1 Å². The van der Waals surface area contributed by atoms with E-state index in [1.807, 2.05) is 7.05 Å². The monoisotopic (exact) mass is 263 g/mol. The smallest absolute Gasteiger partial charge is 0.136 e. The second kappa shape index (κ2) is 5.35. The number of aryl methyl sites for hydroxylation is 2. The number of benzene rings is 1. The van der Waals surface area contributed by atoms with Crippen molar-refractivity contribution in [1.29, 1.82) is 0 Å². The van der Waals surface area contributed by atoms with Gasteiger partial charge in [-0.3, -0.25) is 0 Å².